The van der Waals surface area contributed by atoms with Gasteiger partial charge in [0.2, 0.25) is 0 Å². The second-order valence-corrected chi connectivity index (χ2v) is 5.23. The van der Waals surface area contributed by atoms with E-state index in [1.807, 2.05) is 19.2 Å². The third-order valence-electron chi connectivity index (χ3n) is 2.75. The number of carbonyl (C=O) groups excluding carboxylic acids is 1. The second-order valence-electron chi connectivity index (χ2n) is 4.22. The Morgan fingerprint density at radius 1 is 1.47 bits per heavy atom. The largest absolute Gasteiger partial charge is 0.366 e. The molecule has 0 fully saturated rings. The van der Waals surface area contributed by atoms with Crippen LogP contribution in [-0.2, 0) is 0 Å². The maximum atomic E-state index is 11.3. The predicted octanol–water partition coefficient (Wildman–Crippen LogP) is 2.24. The zero-order valence-corrected chi connectivity index (χ0v) is 10.9. The average molecular weight is 249 g/mol. The summed E-state index contributed by atoms with van der Waals surface area (Å²) in [5.74, 6) is -0.431. The van der Waals surface area contributed by atoms with Crippen LogP contribution in [0, 0.1) is 0 Å². The van der Waals surface area contributed by atoms with Crippen LogP contribution in [0.5, 0.6) is 0 Å². The van der Waals surface area contributed by atoms with Crippen LogP contribution in [-0.4, -0.2) is 24.0 Å². The molecule has 2 rings (SSSR count). The number of para-hydroxylation sites is 1. The van der Waals surface area contributed by atoms with Crippen LogP contribution < -0.4 is 10.6 Å². The number of nitrogens with zero attached hydrogens (tertiary/aromatic N) is 2. The van der Waals surface area contributed by atoms with Gasteiger partial charge < -0.3 is 10.6 Å². The van der Waals surface area contributed by atoms with Gasteiger partial charge in [-0.2, -0.15) is 0 Å². The van der Waals surface area contributed by atoms with E-state index in [0.29, 0.717) is 17.1 Å². The summed E-state index contributed by atoms with van der Waals surface area (Å²) >= 11 is 1.57. The highest BCUT2D eigenvalue weighted by Crippen LogP contribution is 2.30. The SMILES string of the molecule is CC(C)N(C)c1nc2c(C(N)=O)cccc2s1. The maximum absolute atomic E-state index is 11.3. The Balaban J connectivity index is 2.57. The minimum absolute atomic E-state index is 0.368. The van der Waals surface area contributed by atoms with Gasteiger partial charge in [-0.05, 0) is 26.0 Å². The third kappa shape index (κ3) is 2.10. The molecule has 5 heteroatoms. The lowest BCUT2D eigenvalue weighted by molar-refractivity contribution is 0.100. The quantitative estimate of drug-likeness (QED) is 0.907. The number of nitrogens with two attached hydrogens (primary N) is 1. The standard InChI is InChI=1S/C12H15N3OS/c1-7(2)15(3)12-14-10-8(11(13)16)5-4-6-9(10)17-12/h4-7H,1-3H3,(H2,13,16). The van der Waals surface area contributed by atoms with Gasteiger partial charge in [0.25, 0.3) is 5.91 Å². The molecule has 0 aliphatic rings. The molecular weight excluding hydrogens is 234 g/mol. The van der Waals surface area contributed by atoms with Crippen molar-refractivity contribution in [3.05, 3.63) is 23.8 Å². The summed E-state index contributed by atoms with van der Waals surface area (Å²) in [6.07, 6.45) is 0. The van der Waals surface area contributed by atoms with Gasteiger partial charge in [-0.1, -0.05) is 17.4 Å². The Morgan fingerprint density at radius 2 is 2.18 bits per heavy atom. The fourth-order valence-corrected chi connectivity index (χ4v) is 2.59. The van der Waals surface area contributed by atoms with Crippen molar-refractivity contribution in [3.63, 3.8) is 0 Å². The van der Waals surface area contributed by atoms with Gasteiger partial charge in [-0.25, -0.2) is 4.98 Å². The molecule has 2 aromatic rings. The topological polar surface area (TPSA) is 59.2 Å². The zero-order valence-electron chi connectivity index (χ0n) is 10.1. The van der Waals surface area contributed by atoms with Crippen molar-refractivity contribution in [2.75, 3.05) is 11.9 Å². The van der Waals surface area contributed by atoms with Crippen LogP contribution >= 0.6 is 11.3 Å². The molecule has 0 saturated carbocycles. The minimum Gasteiger partial charge on any atom is -0.366 e. The van der Waals surface area contributed by atoms with Crippen LogP contribution in [0.1, 0.15) is 24.2 Å². The first kappa shape index (κ1) is 11.9. The van der Waals surface area contributed by atoms with E-state index >= 15 is 0 Å². The highest BCUT2D eigenvalue weighted by molar-refractivity contribution is 7.22. The molecule has 0 aliphatic carbocycles. The number of fused-ring (bicyclic) bond motifs is 1. The molecule has 1 aromatic heterocycles. The number of carbonyl (C=O) groups is 1. The molecular formula is C12H15N3OS. The first-order valence-electron chi connectivity index (χ1n) is 5.43. The number of thiazole rings is 1. The Labute approximate surface area is 104 Å². The highest BCUT2D eigenvalue weighted by Gasteiger charge is 2.14. The summed E-state index contributed by atoms with van der Waals surface area (Å²) in [5, 5.41) is 0.906. The smallest absolute Gasteiger partial charge is 0.250 e. The summed E-state index contributed by atoms with van der Waals surface area (Å²) < 4.78 is 0.990. The molecule has 0 aliphatic heterocycles. The Kier molecular flexibility index (Phi) is 3.02. The second kappa shape index (κ2) is 4.33. The molecule has 0 radical (unpaired) electrons. The van der Waals surface area contributed by atoms with Crippen molar-refractivity contribution < 1.29 is 4.79 Å². The molecule has 90 valence electrons. The molecule has 17 heavy (non-hydrogen) atoms. The lowest BCUT2D eigenvalue weighted by Crippen LogP contribution is -2.25. The number of primary amides is 1. The van der Waals surface area contributed by atoms with E-state index < -0.39 is 5.91 Å². The van der Waals surface area contributed by atoms with E-state index in [0.717, 1.165) is 9.83 Å². The van der Waals surface area contributed by atoms with Gasteiger partial charge in [0.15, 0.2) is 5.13 Å². The number of hydrogen-bond acceptors (Lipinski definition) is 4. The molecule has 2 N–H and O–H groups in total. The first-order valence-corrected chi connectivity index (χ1v) is 6.24. The van der Waals surface area contributed by atoms with Gasteiger partial charge in [0, 0.05) is 13.1 Å². The van der Waals surface area contributed by atoms with Crippen molar-refractivity contribution >= 4 is 32.6 Å². The van der Waals surface area contributed by atoms with Gasteiger partial charge in [-0.15, -0.1) is 0 Å². The van der Waals surface area contributed by atoms with Crippen LogP contribution in [0.3, 0.4) is 0 Å². The molecule has 0 unspecified atom stereocenters. The van der Waals surface area contributed by atoms with Gasteiger partial charge in [0.1, 0.15) is 0 Å². The lowest BCUT2D eigenvalue weighted by atomic mass is 10.2. The molecule has 0 bridgehead atoms. The van der Waals surface area contributed by atoms with Crippen molar-refractivity contribution in [1.82, 2.24) is 4.98 Å². The Bertz CT molecular complexity index is 562. The molecule has 0 saturated heterocycles. The minimum atomic E-state index is -0.431. The number of anilines is 1. The number of aromatic nitrogens is 1. The fourth-order valence-electron chi connectivity index (χ4n) is 1.51. The maximum Gasteiger partial charge on any atom is 0.250 e. The van der Waals surface area contributed by atoms with Crippen molar-refractivity contribution in [1.29, 1.82) is 0 Å². The number of hydrogen-bond donors (Lipinski definition) is 1. The summed E-state index contributed by atoms with van der Waals surface area (Å²) in [6, 6.07) is 5.87. The zero-order chi connectivity index (χ0) is 12.6. The van der Waals surface area contributed by atoms with Gasteiger partial charge in [-0.3, -0.25) is 4.79 Å². The Hall–Kier alpha value is -1.62. The molecule has 0 spiro atoms. The molecule has 4 nitrogen and oxygen atoms in total. The average Bonchev–Trinajstić information content (AvgIpc) is 2.70. The fraction of sp³-hybridized carbons (Fsp3) is 0.333. The van der Waals surface area contributed by atoms with E-state index in [9.17, 15) is 4.79 Å². The molecule has 0 atom stereocenters. The lowest BCUT2D eigenvalue weighted by Gasteiger charge is -2.19. The highest BCUT2D eigenvalue weighted by atomic mass is 32.1. The van der Waals surface area contributed by atoms with Crippen molar-refractivity contribution in [2.45, 2.75) is 19.9 Å². The Morgan fingerprint density at radius 3 is 2.76 bits per heavy atom. The van der Waals surface area contributed by atoms with E-state index in [2.05, 4.69) is 23.7 Å². The van der Waals surface area contributed by atoms with Gasteiger partial charge >= 0.3 is 0 Å². The molecule has 1 amide bonds. The van der Waals surface area contributed by atoms with E-state index in [1.165, 1.54) is 0 Å². The van der Waals surface area contributed by atoms with Gasteiger partial charge in [0.05, 0.1) is 15.8 Å². The van der Waals surface area contributed by atoms with Crippen LogP contribution in [0.2, 0.25) is 0 Å². The molecule has 1 heterocycles. The molecule has 1 aromatic carbocycles. The van der Waals surface area contributed by atoms with E-state index in [-0.39, 0.29) is 0 Å². The predicted molar refractivity (Wildman–Crippen MR) is 71.7 cm³/mol. The van der Waals surface area contributed by atoms with Crippen LogP contribution in [0.25, 0.3) is 10.2 Å². The van der Waals surface area contributed by atoms with Crippen LogP contribution in [0.15, 0.2) is 18.2 Å². The van der Waals surface area contributed by atoms with Crippen molar-refractivity contribution in [2.24, 2.45) is 5.73 Å². The first-order chi connectivity index (χ1) is 8.00. The summed E-state index contributed by atoms with van der Waals surface area (Å²) in [6.45, 7) is 4.20. The normalized spacial score (nSPS) is 11.1. The number of amides is 1. The summed E-state index contributed by atoms with van der Waals surface area (Å²) in [7, 11) is 1.99. The van der Waals surface area contributed by atoms with E-state index in [1.54, 1.807) is 17.4 Å². The number of benzene rings is 1. The van der Waals surface area contributed by atoms with Crippen molar-refractivity contribution in [3.8, 4) is 0 Å². The third-order valence-corrected chi connectivity index (χ3v) is 3.86. The van der Waals surface area contributed by atoms with Crippen LogP contribution in [0.4, 0.5) is 5.13 Å². The van der Waals surface area contributed by atoms with E-state index in [4.69, 9.17) is 5.73 Å². The number of rotatable bonds is 3. The summed E-state index contributed by atoms with van der Waals surface area (Å²) in [4.78, 5) is 17.9. The monoisotopic (exact) mass is 249 g/mol. The summed E-state index contributed by atoms with van der Waals surface area (Å²) in [5.41, 5.74) is 6.53.